The molecule has 0 spiro atoms. The van der Waals surface area contributed by atoms with Crippen molar-refractivity contribution < 1.29 is 8.78 Å². The van der Waals surface area contributed by atoms with Gasteiger partial charge < -0.3 is 5.32 Å². The van der Waals surface area contributed by atoms with Gasteiger partial charge in [0.1, 0.15) is 0 Å². The molecule has 3 heteroatoms. The normalized spacial score (nSPS) is 13.8. The van der Waals surface area contributed by atoms with Gasteiger partial charge in [0, 0.05) is 5.54 Å². The molecule has 114 valence electrons. The molecular formula is C17H27F2N. The first-order valence-electron chi connectivity index (χ1n) is 7.37. The van der Waals surface area contributed by atoms with Crippen molar-refractivity contribution in [3.63, 3.8) is 0 Å². The van der Waals surface area contributed by atoms with E-state index < -0.39 is 11.6 Å². The molecule has 1 aromatic carbocycles. The molecule has 0 aliphatic rings. The molecule has 20 heavy (non-hydrogen) atoms. The molecule has 0 aliphatic carbocycles. The molecule has 1 atom stereocenters. The van der Waals surface area contributed by atoms with Gasteiger partial charge >= 0.3 is 0 Å². The van der Waals surface area contributed by atoms with Gasteiger partial charge in [-0.1, -0.05) is 26.0 Å². The fourth-order valence-corrected chi connectivity index (χ4v) is 2.37. The molecule has 0 bridgehead atoms. The molecule has 0 saturated carbocycles. The smallest absolute Gasteiger partial charge is 0.162 e. The highest BCUT2D eigenvalue weighted by atomic mass is 19.2. The average Bonchev–Trinajstić information content (AvgIpc) is 2.30. The van der Waals surface area contributed by atoms with Crippen LogP contribution in [0.15, 0.2) is 18.2 Å². The molecule has 0 fully saturated rings. The molecule has 0 heterocycles. The van der Waals surface area contributed by atoms with Gasteiger partial charge in [0.2, 0.25) is 0 Å². The van der Waals surface area contributed by atoms with Crippen LogP contribution in [0.5, 0.6) is 0 Å². The number of nitrogens with one attached hydrogen (secondary N) is 1. The highest BCUT2D eigenvalue weighted by Crippen LogP contribution is 2.21. The van der Waals surface area contributed by atoms with Crippen molar-refractivity contribution in [1.29, 1.82) is 0 Å². The summed E-state index contributed by atoms with van der Waals surface area (Å²) in [6, 6.07) is 4.43. The second-order valence-corrected chi connectivity index (χ2v) is 7.04. The number of halogens is 2. The van der Waals surface area contributed by atoms with Crippen LogP contribution in [0.2, 0.25) is 0 Å². The summed E-state index contributed by atoms with van der Waals surface area (Å²) in [4.78, 5) is 0. The lowest BCUT2D eigenvalue weighted by Crippen LogP contribution is -2.40. The molecule has 1 N–H and O–H groups in total. The van der Waals surface area contributed by atoms with E-state index in [2.05, 4.69) is 39.9 Å². The zero-order valence-electron chi connectivity index (χ0n) is 13.3. The molecule has 0 aromatic heterocycles. The summed E-state index contributed by atoms with van der Waals surface area (Å²) in [5, 5.41) is 3.47. The summed E-state index contributed by atoms with van der Waals surface area (Å²) < 4.78 is 27.1. The van der Waals surface area contributed by atoms with Crippen LogP contribution in [-0.4, -0.2) is 12.1 Å². The Hall–Kier alpha value is -0.960. The third-order valence-electron chi connectivity index (χ3n) is 3.27. The van der Waals surface area contributed by atoms with E-state index in [-0.39, 0.29) is 5.54 Å². The summed E-state index contributed by atoms with van der Waals surface area (Å²) in [6.07, 6.45) is 1.57. The molecule has 1 unspecified atom stereocenters. The standard InChI is InChI=1S/C17H27F2N/c1-12(2)9-13(11-20-17(3,4)5)10-14-7-6-8-15(18)16(14)19/h6-8,12-13,20H,9-11H2,1-5H3. The highest BCUT2D eigenvalue weighted by Gasteiger charge is 2.18. The van der Waals surface area contributed by atoms with Crippen molar-refractivity contribution in [2.24, 2.45) is 11.8 Å². The van der Waals surface area contributed by atoms with E-state index in [9.17, 15) is 8.78 Å². The number of rotatable bonds is 6. The maximum atomic E-state index is 13.8. The van der Waals surface area contributed by atoms with Crippen LogP contribution in [0, 0.1) is 23.5 Å². The van der Waals surface area contributed by atoms with Gasteiger partial charge in [0.05, 0.1) is 0 Å². The average molecular weight is 283 g/mol. The lowest BCUT2D eigenvalue weighted by Gasteiger charge is -2.26. The second kappa shape index (κ2) is 7.16. The van der Waals surface area contributed by atoms with Gasteiger partial charge in [-0.25, -0.2) is 8.78 Å². The van der Waals surface area contributed by atoms with Crippen LogP contribution in [-0.2, 0) is 6.42 Å². The van der Waals surface area contributed by atoms with E-state index in [1.165, 1.54) is 6.07 Å². The van der Waals surface area contributed by atoms with Crippen molar-refractivity contribution in [3.05, 3.63) is 35.4 Å². The largest absolute Gasteiger partial charge is 0.312 e. The lowest BCUT2D eigenvalue weighted by molar-refractivity contribution is 0.328. The van der Waals surface area contributed by atoms with Crippen LogP contribution < -0.4 is 5.32 Å². The monoisotopic (exact) mass is 283 g/mol. The van der Waals surface area contributed by atoms with E-state index in [1.807, 2.05) is 0 Å². The first-order valence-corrected chi connectivity index (χ1v) is 7.37. The Balaban J connectivity index is 2.76. The minimum Gasteiger partial charge on any atom is -0.312 e. The molecule has 1 nitrogen and oxygen atoms in total. The summed E-state index contributed by atoms with van der Waals surface area (Å²) in [7, 11) is 0. The maximum Gasteiger partial charge on any atom is 0.162 e. The van der Waals surface area contributed by atoms with Crippen LogP contribution in [0.4, 0.5) is 8.78 Å². The van der Waals surface area contributed by atoms with Crippen molar-refractivity contribution in [3.8, 4) is 0 Å². The first-order chi connectivity index (χ1) is 9.19. The van der Waals surface area contributed by atoms with Crippen LogP contribution >= 0.6 is 0 Å². The topological polar surface area (TPSA) is 12.0 Å². The van der Waals surface area contributed by atoms with Gasteiger partial charge in [0.15, 0.2) is 11.6 Å². The summed E-state index contributed by atoms with van der Waals surface area (Å²) in [6.45, 7) is 11.5. The lowest BCUT2D eigenvalue weighted by atomic mass is 9.90. The Kier molecular flexibility index (Phi) is 6.12. The van der Waals surface area contributed by atoms with Gasteiger partial charge in [-0.2, -0.15) is 0 Å². The molecule has 0 saturated heterocycles. The third kappa shape index (κ3) is 6.00. The van der Waals surface area contributed by atoms with Gasteiger partial charge in [-0.05, 0) is 63.6 Å². The molecule has 0 amide bonds. The van der Waals surface area contributed by atoms with Gasteiger partial charge in [-0.3, -0.25) is 0 Å². The Morgan fingerprint density at radius 2 is 1.80 bits per heavy atom. The Labute approximate surface area is 121 Å². The number of hydrogen-bond acceptors (Lipinski definition) is 1. The molecule has 1 aromatic rings. The Morgan fingerprint density at radius 3 is 2.35 bits per heavy atom. The van der Waals surface area contributed by atoms with Crippen molar-refractivity contribution >= 4 is 0 Å². The maximum absolute atomic E-state index is 13.8. The van der Waals surface area contributed by atoms with Gasteiger partial charge in [0.25, 0.3) is 0 Å². The van der Waals surface area contributed by atoms with E-state index in [1.54, 1.807) is 12.1 Å². The first kappa shape index (κ1) is 17.1. The summed E-state index contributed by atoms with van der Waals surface area (Å²) in [5.41, 5.74) is 0.516. The van der Waals surface area contributed by atoms with Crippen LogP contribution in [0.3, 0.4) is 0 Å². The van der Waals surface area contributed by atoms with Crippen molar-refractivity contribution in [1.82, 2.24) is 5.32 Å². The zero-order valence-corrected chi connectivity index (χ0v) is 13.3. The molecule has 0 aliphatic heterocycles. The van der Waals surface area contributed by atoms with Gasteiger partial charge in [-0.15, -0.1) is 0 Å². The second-order valence-electron chi connectivity index (χ2n) is 7.04. The summed E-state index contributed by atoms with van der Waals surface area (Å²) >= 11 is 0. The highest BCUT2D eigenvalue weighted by molar-refractivity contribution is 5.19. The van der Waals surface area contributed by atoms with Crippen molar-refractivity contribution in [2.45, 2.75) is 53.0 Å². The van der Waals surface area contributed by atoms with E-state index >= 15 is 0 Å². The minimum atomic E-state index is -0.755. The molecule has 0 radical (unpaired) electrons. The van der Waals surface area contributed by atoms with E-state index in [0.29, 0.717) is 23.8 Å². The fraction of sp³-hybridized carbons (Fsp3) is 0.647. The predicted molar refractivity (Wildman–Crippen MR) is 80.8 cm³/mol. The quantitative estimate of drug-likeness (QED) is 0.807. The Bertz CT molecular complexity index is 421. The third-order valence-corrected chi connectivity index (χ3v) is 3.27. The Morgan fingerprint density at radius 1 is 1.15 bits per heavy atom. The van der Waals surface area contributed by atoms with Crippen LogP contribution in [0.1, 0.15) is 46.6 Å². The zero-order chi connectivity index (χ0) is 15.3. The number of hydrogen-bond donors (Lipinski definition) is 1. The fourth-order valence-electron chi connectivity index (χ4n) is 2.37. The van der Waals surface area contributed by atoms with E-state index in [0.717, 1.165) is 13.0 Å². The minimum absolute atomic E-state index is 0.0374. The van der Waals surface area contributed by atoms with Crippen molar-refractivity contribution in [2.75, 3.05) is 6.54 Å². The van der Waals surface area contributed by atoms with Crippen LogP contribution in [0.25, 0.3) is 0 Å². The predicted octanol–water partition coefficient (Wildman–Crippen LogP) is 4.56. The SMILES string of the molecule is CC(C)CC(CNC(C)(C)C)Cc1cccc(F)c1F. The molecule has 1 rings (SSSR count). The van der Waals surface area contributed by atoms with E-state index in [4.69, 9.17) is 0 Å². The number of benzene rings is 1. The molecular weight excluding hydrogens is 256 g/mol. The summed E-state index contributed by atoms with van der Waals surface area (Å²) in [5.74, 6) is -0.601.